The third kappa shape index (κ3) is 4.79. The highest BCUT2D eigenvalue weighted by Crippen LogP contribution is 2.21. The quantitative estimate of drug-likeness (QED) is 0.751. The lowest BCUT2D eigenvalue weighted by Crippen LogP contribution is -2.29. The Morgan fingerprint density at radius 3 is 2.83 bits per heavy atom. The summed E-state index contributed by atoms with van der Waals surface area (Å²) in [6.45, 7) is 2.74. The van der Waals surface area contributed by atoms with E-state index in [0.717, 1.165) is 17.3 Å². The Labute approximate surface area is 126 Å². The fourth-order valence-electron chi connectivity index (χ4n) is 1.61. The first-order valence-electron chi connectivity index (χ1n) is 5.87. The Bertz CT molecular complexity index is 412. The van der Waals surface area contributed by atoms with Crippen molar-refractivity contribution in [3.05, 3.63) is 33.3 Å². The Morgan fingerprint density at radius 1 is 1.50 bits per heavy atom. The molecule has 0 aromatic heterocycles. The SMILES string of the molecule is CCC(CCCl)CNC(=O)c1cc(Cl)ccc1Br. The van der Waals surface area contributed by atoms with E-state index < -0.39 is 0 Å². The molecule has 0 spiro atoms. The first kappa shape index (κ1) is 15.8. The minimum atomic E-state index is -0.114. The van der Waals surface area contributed by atoms with Gasteiger partial charge in [-0.15, -0.1) is 11.6 Å². The number of hydrogen-bond donors (Lipinski definition) is 1. The molecule has 0 saturated heterocycles. The molecule has 1 rings (SSSR count). The molecule has 0 heterocycles. The highest BCUT2D eigenvalue weighted by molar-refractivity contribution is 9.10. The van der Waals surface area contributed by atoms with Crippen LogP contribution in [0.25, 0.3) is 0 Å². The van der Waals surface area contributed by atoms with Crippen molar-refractivity contribution in [1.82, 2.24) is 5.32 Å². The van der Waals surface area contributed by atoms with E-state index in [1.807, 2.05) is 0 Å². The van der Waals surface area contributed by atoms with Crippen molar-refractivity contribution in [1.29, 1.82) is 0 Å². The fraction of sp³-hybridized carbons (Fsp3) is 0.462. The van der Waals surface area contributed by atoms with Gasteiger partial charge in [-0.05, 0) is 46.5 Å². The van der Waals surface area contributed by atoms with Crippen LogP contribution in [-0.4, -0.2) is 18.3 Å². The summed E-state index contributed by atoms with van der Waals surface area (Å²) < 4.78 is 0.745. The maximum absolute atomic E-state index is 12.0. The number of carbonyl (C=O) groups is 1. The standard InChI is InChI=1S/C13H16BrCl2NO/c1-2-9(5-6-15)8-17-13(18)11-7-10(16)3-4-12(11)14/h3-4,7,9H,2,5-6,8H2,1H3,(H,17,18). The number of carbonyl (C=O) groups excluding carboxylic acids is 1. The van der Waals surface area contributed by atoms with E-state index in [1.54, 1.807) is 18.2 Å². The summed E-state index contributed by atoms with van der Waals surface area (Å²) >= 11 is 14.9. The molecule has 0 aliphatic carbocycles. The smallest absolute Gasteiger partial charge is 0.252 e. The number of rotatable bonds is 6. The molecule has 5 heteroatoms. The Hall–Kier alpha value is -0.250. The average molecular weight is 353 g/mol. The van der Waals surface area contributed by atoms with Gasteiger partial charge in [-0.2, -0.15) is 0 Å². The van der Waals surface area contributed by atoms with Crippen LogP contribution in [0.1, 0.15) is 30.1 Å². The van der Waals surface area contributed by atoms with E-state index in [0.29, 0.717) is 28.9 Å². The van der Waals surface area contributed by atoms with Crippen LogP contribution in [0, 0.1) is 5.92 Å². The molecule has 0 aliphatic rings. The van der Waals surface area contributed by atoms with Gasteiger partial charge in [0.2, 0.25) is 0 Å². The molecule has 100 valence electrons. The molecule has 1 amide bonds. The molecular weight excluding hydrogens is 337 g/mol. The fourth-order valence-corrected chi connectivity index (χ4v) is 2.52. The van der Waals surface area contributed by atoms with Crippen LogP contribution < -0.4 is 5.32 Å². The van der Waals surface area contributed by atoms with E-state index in [9.17, 15) is 4.79 Å². The summed E-state index contributed by atoms with van der Waals surface area (Å²) in [5.41, 5.74) is 0.559. The van der Waals surface area contributed by atoms with Gasteiger partial charge in [0.1, 0.15) is 0 Å². The predicted molar refractivity (Wildman–Crippen MR) is 80.6 cm³/mol. The highest BCUT2D eigenvalue weighted by atomic mass is 79.9. The van der Waals surface area contributed by atoms with Crippen LogP contribution in [0.4, 0.5) is 0 Å². The van der Waals surface area contributed by atoms with Crippen molar-refractivity contribution in [3.8, 4) is 0 Å². The lowest BCUT2D eigenvalue weighted by Gasteiger charge is -2.14. The molecule has 0 aliphatic heterocycles. The molecule has 0 saturated carbocycles. The summed E-state index contributed by atoms with van der Waals surface area (Å²) in [5, 5.41) is 3.47. The van der Waals surface area contributed by atoms with Crippen LogP contribution in [-0.2, 0) is 0 Å². The summed E-state index contributed by atoms with van der Waals surface area (Å²) in [5.74, 6) is 0.928. The van der Waals surface area contributed by atoms with Crippen LogP contribution in [0.3, 0.4) is 0 Å². The zero-order valence-corrected chi connectivity index (χ0v) is 13.3. The molecule has 1 atom stereocenters. The van der Waals surface area contributed by atoms with Gasteiger partial charge in [-0.3, -0.25) is 4.79 Å². The van der Waals surface area contributed by atoms with Gasteiger partial charge in [0, 0.05) is 21.9 Å². The number of alkyl halides is 1. The normalized spacial score (nSPS) is 12.2. The molecule has 0 fully saturated rings. The Morgan fingerprint density at radius 2 is 2.22 bits per heavy atom. The van der Waals surface area contributed by atoms with Crippen molar-refractivity contribution in [3.63, 3.8) is 0 Å². The third-order valence-corrected chi connectivity index (χ3v) is 3.96. The first-order valence-corrected chi connectivity index (χ1v) is 7.58. The molecular formula is C13H16BrCl2NO. The van der Waals surface area contributed by atoms with Crippen molar-refractivity contribution >= 4 is 45.0 Å². The van der Waals surface area contributed by atoms with Gasteiger partial charge >= 0.3 is 0 Å². The van der Waals surface area contributed by atoms with E-state index in [-0.39, 0.29) is 5.91 Å². The molecule has 1 aromatic carbocycles. The Balaban J connectivity index is 2.62. The summed E-state index contributed by atoms with van der Waals surface area (Å²) in [4.78, 5) is 12.0. The van der Waals surface area contributed by atoms with Gasteiger partial charge in [0.05, 0.1) is 5.56 Å². The zero-order valence-electron chi connectivity index (χ0n) is 10.2. The zero-order chi connectivity index (χ0) is 13.5. The molecule has 1 aromatic rings. The van der Waals surface area contributed by atoms with Gasteiger partial charge in [-0.25, -0.2) is 0 Å². The second kappa shape index (κ2) is 8.03. The summed E-state index contributed by atoms with van der Waals surface area (Å²) in [6, 6.07) is 5.17. The largest absolute Gasteiger partial charge is 0.352 e. The maximum Gasteiger partial charge on any atom is 0.252 e. The number of amides is 1. The number of nitrogens with one attached hydrogen (secondary N) is 1. The van der Waals surface area contributed by atoms with Crippen molar-refractivity contribution in [2.45, 2.75) is 19.8 Å². The van der Waals surface area contributed by atoms with Gasteiger partial charge in [0.25, 0.3) is 5.91 Å². The average Bonchev–Trinajstić information content (AvgIpc) is 2.37. The molecule has 0 bridgehead atoms. The topological polar surface area (TPSA) is 29.1 Å². The number of benzene rings is 1. The van der Waals surface area contributed by atoms with Crippen molar-refractivity contribution in [2.24, 2.45) is 5.92 Å². The molecule has 1 N–H and O–H groups in total. The molecule has 1 unspecified atom stereocenters. The third-order valence-electron chi connectivity index (χ3n) is 2.82. The first-order chi connectivity index (χ1) is 8.58. The summed E-state index contributed by atoms with van der Waals surface area (Å²) in [7, 11) is 0. The summed E-state index contributed by atoms with van der Waals surface area (Å²) in [6.07, 6.45) is 1.92. The van der Waals surface area contributed by atoms with Gasteiger partial charge in [0.15, 0.2) is 0 Å². The maximum atomic E-state index is 12.0. The van der Waals surface area contributed by atoms with Crippen molar-refractivity contribution in [2.75, 3.05) is 12.4 Å². The monoisotopic (exact) mass is 351 g/mol. The van der Waals surface area contributed by atoms with Crippen LogP contribution in [0.15, 0.2) is 22.7 Å². The second-order valence-electron chi connectivity index (χ2n) is 4.09. The van der Waals surface area contributed by atoms with E-state index >= 15 is 0 Å². The predicted octanol–water partition coefficient (Wildman–Crippen LogP) is 4.49. The highest BCUT2D eigenvalue weighted by Gasteiger charge is 2.12. The van der Waals surface area contributed by atoms with Gasteiger partial charge < -0.3 is 5.32 Å². The Kier molecular flexibility index (Phi) is 7.05. The van der Waals surface area contributed by atoms with E-state index in [4.69, 9.17) is 23.2 Å². The minimum absolute atomic E-state index is 0.114. The number of hydrogen-bond acceptors (Lipinski definition) is 1. The van der Waals surface area contributed by atoms with Crippen molar-refractivity contribution < 1.29 is 4.79 Å². The number of halogens is 3. The molecule has 18 heavy (non-hydrogen) atoms. The van der Waals surface area contributed by atoms with Gasteiger partial charge in [-0.1, -0.05) is 24.9 Å². The second-order valence-corrected chi connectivity index (χ2v) is 5.75. The van der Waals surface area contributed by atoms with E-state index in [1.165, 1.54) is 0 Å². The lowest BCUT2D eigenvalue weighted by molar-refractivity contribution is 0.0945. The van der Waals surface area contributed by atoms with E-state index in [2.05, 4.69) is 28.2 Å². The van der Waals surface area contributed by atoms with Crippen LogP contribution >= 0.6 is 39.1 Å². The minimum Gasteiger partial charge on any atom is -0.352 e. The molecule has 0 radical (unpaired) electrons. The van der Waals surface area contributed by atoms with Crippen LogP contribution in [0.2, 0.25) is 5.02 Å². The molecule has 2 nitrogen and oxygen atoms in total. The van der Waals surface area contributed by atoms with Crippen LogP contribution in [0.5, 0.6) is 0 Å². The lowest BCUT2D eigenvalue weighted by atomic mass is 10.0.